The monoisotopic (exact) mass is 388 g/mol. The van der Waals surface area contributed by atoms with Crippen molar-refractivity contribution in [1.82, 2.24) is 9.80 Å². The average Bonchev–Trinajstić information content (AvgIpc) is 3.53. The lowest BCUT2D eigenvalue weighted by atomic mass is 9.94. The molecule has 0 bridgehead atoms. The van der Waals surface area contributed by atoms with E-state index in [0.29, 0.717) is 11.8 Å². The van der Waals surface area contributed by atoms with Crippen molar-refractivity contribution in [3.63, 3.8) is 0 Å². The van der Waals surface area contributed by atoms with Gasteiger partial charge in [-0.2, -0.15) is 0 Å². The maximum Gasteiger partial charge on any atom is 0.225 e. The van der Waals surface area contributed by atoms with Crippen LogP contribution in [0.5, 0.6) is 0 Å². The molecule has 5 rings (SSSR count). The van der Waals surface area contributed by atoms with Crippen LogP contribution < -0.4 is 0 Å². The lowest BCUT2D eigenvalue weighted by Gasteiger charge is -2.29. The SMILES string of the molecule is CC1CCCN1CCc1ccc(-c2ccc3c(c2)CCN(C(=O)C2CC2)C3)cc1. The van der Waals surface area contributed by atoms with Gasteiger partial charge in [0.15, 0.2) is 0 Å². The average molecular weight is 389 g/mol. The molecule has 1 amide bonds. The van der Waals surface area contributed by atoms with Gasteiger partial charge in [0.05, 0.1) is 0 Å². The van der Waals surface area contributed by atoms with E-state index in [0.717, 1.165) is 44.8 Å². The van der Waals surface area contributed by atoms with E-state index in [9.17, 15) is 4.79 Å². The van der Waals surface area contributed by atoms with E-state index in [1.807, 2.05) is 0 Å². The van der Waals surface area contributed by atoms with Crippen LogP contribution in [-0.4, -0.2) is 41.4 Å². The molecule has 2 fully saturated rings. The van der Waals surface area contributed by atoms with E-state index >= 15 is 0 Å². The predicted molar refractivity (Wildman–Crippen MR) is 118 cm³/mol. The fourth-order valence-corrected chi connectivity index (χ4v) is 4.97. The van der Waals surface area contributed by atoms with Gasteiger partial charge in [-0.15, -0.1) is 0 Å². The molecule has 2 aliphatic heterocycles. The van der Waals surface area contributed by atoms with E-state index < -0.39 is 0 Å². The number of carbonyl (C=O) groups is 1. The summed E-state index contributed by atoms with van der Waals surface area (Å²) in [5, 5.41) is 0. The fraction of sp³-hybridized carbons (Fsp3) is 0.500. The number of carbonyl (C=O) groups excluding carboxylic acids is 1. The van der Waals surface area contributed by atoms with Crippen LogP contribution in [0.1, 0.15) is 49.3 Å². The molecule has 0 spiro atoms. The number of nitrogens with zero attached hydrogens (tertiary/aromatic N) is 2. The summed E-state index contributed by atoms with van der Waals surface area (Å²) in [5.41, 5.74) is 6.76. The molecule has 1 saturated heterocycles. The first-order valence-corrected chi connectivity index (χ1v) is 11.4. The van der Waals surface area contributed by atoms with E-state index in [1.54, 1.807) is 0 Å². The summed E-state index contributed by atoms with van der Waals surface area (Å²) in [7, 11) is 0. The van der Waals surface area contributed by atoms with Crippen LogP contribution in [-0.2, 0) is 24.2 Å². The highest BCUT2D eigenvalue weighted by atomic mass is 16.2. The van der Waals surface area contributed by atoms with Crippen LogP contribution in [0.25, 0.3) is 11.1 Å². The molecule has 1 aliphatic carbocycles. The van der Waals surface area contributed by atoms with Gasteiger partial charge in [-0.3, -0.25) is 4.79 Å². The molecule has 3 nitrogen and oxygen atoms in total. The molecule has 2 aromatic carbocycles. The van der Waals surface area contributed by atoms with E-state index in [2.05, 4.69) is 59.2 Å². The molecule has 2 aromatic rings. The molecule has 3 heteroatoms. The number of likely N-dealkylation sites (tertiary alicyclic amines) is 1. The first-order valence-electron chi connectivity index (χ1n) is 11.4. The maximum absolute atomic E-state index is 12.4. The predicted octanol–water partition coefficient (Wildman–Crippen LogP) is 4.68. The summed E-state index contributed by atoms with van der Waals surface area (Å²) in [6.45, 7) is 6.46. The van der Waals surface area contributed by atoms with Gasteiger partial charge in [0.1, 0.15) is 0 Å². The van der Waals surface area contributed by atoms with Gasteiger partial charge >= 0.3 is 0 Å². The van der Waals surface area contributed by atoms with Gasteiger partial charge < -0.3 is 9.80 Å². The Morgan fingerprint density at radius 1 is 0.966 bits per heavy atom. The van der Waals surface area contributed by atoms with Gasteiger partial charge in [0.2, 0.25) is 5.91 Å². The minimum Gasteiger partial charge on any atom is -0.338 e. The minimum absolute atomic E-state index is 0.322. The third kappa shape index (κ3) is 4.11. The third-order valence-electron chi connectivity index (χ3n) is 7.12. The highest BCUT2D eigenvalue weighted by Crippen LogP contribution is 2.33. The fourth-order valence-electron chi connectivity index (χ4n) is 4.97. The topological polar surface area (TPSA) is 23.6 Å². The van der Waals surface area contributed by atoms with E-state index in [4.69, 9.17) is 0 Å². The summed E-state index contributed by atoms with van der Waals surface area (Å²) < 4.78 is 0. The van der Waals surface area contributed by atoms with Crippen LogP contribution in [0.15, 0.2) is 42.5 Å². The first-order chi connectivity index (χ1) is 14.2. The number of rotatable bonds is 5. The highest BCUT2D eigenvalue weighted by molar-refractivity contribution is 5.81. The van der Waals surface area contributed by atoms with Crippen molar-refractivity contribution in [2.45, 2.75) is 58.0 Å². The summed E-state index contributed by atoms with van der Waals surface area (Å²) in [5.74, 6) is 0.696. The minimum atomic E-state index is 0.322. The first kappa shape index (κ1) is 18.9. The zero-order valence-electron chi connectivity index (χ0n) is 17.6. The second-order valence-electron chi connectivity index (χ2n) is 9.24. The molecule has 1 unspecified atom stereocenters. The zero-order chi connectivity index (χ0) is 19.8. The Hall–Kier alpha value is -2.13. The Balaban J connectivity index is 1.24. The summed E-state index contributed by atoms with van der Waals surface area (Å²) in [4.78, 5) is 17.1. The quantitative estimate of drug-likeness (QED) is 0.743. The van der Waals surface area contributed by atoms with Crippen molar-refractivity contribution < 1.29 is 4.79 Å². The Kier molecular flexibility index (Phi) is 5.17. The van der Waals surface area contributed by atoms with Crippen molar-refractivity contribution in [2.75, 3.05) is 19.6 Å². The van der Waals surface area contributed by atoms with Gasteiger partial charge in [0, 0.05) is 31.6 Å². The van der Waals surface area contributed by atoms with Crippen molar-refractivity contribution >= 4 is 5.91 Å². The molecular formula is C26H32N2O. The summed E-state index contributed by atoms with van der Waals surface area (Å²) >= 11 is 0. The Morgan fingerprint density at radius 2 is 1.76 bits per heavy atom. The van der Waals surface area contributed by atoms with Gasteiger partial charge in [0.25, 0.3) is 0 Å². The molecule has 1 saturated carbocycles. The number of fused-ring (bicyclic) bond motifs is 1. The van der Waals surface area contributed by atoms with Gasteiger partial charge in [-0.25, -0.2) is 0 Å². The van der Waals surface area contributed by atoms with Gasteiger partial charge in [-0.1, -0.05) is 42.5 Å². The third-order valence-corrected chi connectivity index (χ3v) is 7.12. The smallest absolute Gasteiger partial charge is 0.225 e. The standard InChI is InChI=1S/C26H32N2O/c1-19-3-2-14-27(19)15-12-20-4-6-21(7-5-20)23-10-11-25-18-28(16-13-24(25)17-23)26(29)22-8-9-22/h4-7,10-11,17,19,22H,2-3,8-9,12-16,18H2,1H3. The van der Waals surface area contributed by atoms with Gasteiger partial charge in [-0.05, 0) is 79.8 Å². The summed E-state index contributed by atoms with van der Waals surface area (Å²) in [6.07, 6.45) is 7.00. The van der Waals surface area contributed by atoms with E-state index in [1.165, 1.54) is 53.7 Å². The van der Waals surface area contributed by atoms with Crippen LogP contribution in [0.4, 0.5) is 0 Å². The molecule has 3 aliphatic rings. The van der Waals surface area contributed by atoms with Crippen LogP contribution in [0, 0.1) is 5.92 Å². The lowest BCUT2D eigenvalue weighted by Crippen LogP contribution is -2.36. The lowest BCUT2D eigenvalue weighted by molar-refractivity contribution is -0.133. The Morgan fingerprint density at radius 3 is 2.48 bits per heavy atom. The number of hydrogen-bond donors (Lipinski definition) is 0. The molecule has 2 heterocycles. The number of amides is 1. The molecule has 0 aromatic heterocycles. The molecule has 1 atom stereocenters. The number of benzene rings is 2. The summed E-state index contributed by atoms with van der Waals surface area (Å²) in [6, 6.07) is 16.7. The maximum atomic E-state index is 12.4. The zero-order valence-corrected chi connectivity index (χ0v) is 17.6. The van der Waals surface area contributed by atoms with Crippen molar-refractivity contribution in [1.29, 1.82) is 0 Å². The number of hydrogen-bond acceptors (Lipinski definition) is 2. The molecule has 0 radical (unpaired) electrons. The highest BCUT2D eigenvalue weighted by Gasteiger charge is 2.34. The van der Waals surface area contributed by atoms with E-state index in [-0.39, 0.29) is 0 Å². The van der Waals surface area contributed by atoms with Crippen molar-refractivity contribution in [3.8, 4) is 11.1 Å². The molecular weight excluding hydrogens is 356 g/mol. The van der Waals surface area contributed by atoms with Crippen molar-refractivity contribution in [2.24, 2.45) is 5.92 Å². The molecule has 29 heavy (non-hydrogen) atoms. The van der Waals surface area contributed by atoms with Crippen molar-refractivity contribution in [3.05, 3.63) is 59.2 Å². The second-order valence-corrected chi connectivity index (χ2v) is 9.24. The molecule has 0 N–H and O–H groups in total. The Bertz CT molecular complexity index is 884. The van der Waals surface area contributed by atoms with Crippen LogP contribution in [0.2, 0.25) is 0 Å². The molecule has 152 valence electrons. The Labute approximate surface area is 174 Å². The normalized spacial score (nSPS) is 22.0. The largest absolute Gasteiger partial charge is 0.338 e. The van der Waals surface area contributed by atoms with Crippen LogP contribution >= 0.6 is 0 Å². The van der Waals surface area contributed by atoms with Crippen LogP contribution in [0.3, 0.4) is 0 Å². The second kappa shape index (κ2) is 7.95.